The van der Waals surface area contributed by atoms with Crippen LogP contribution in [0.4, 0.5) is 0 Å². The average Bonchev–Trinajstić information content (AvgIpc) is 2.12. The van der Waals surface area contributed by atoms with Crippen LogP contribution in [0.5, 0.6) is 0 Å². The summed E-state index contributed by atoms with van der Waals surface area (Å²) in [6.07, 6.45) is 0.564. The van der Waals surface area contributed by atoms with E-state index in [-0.39, 0.29) is 18.2 Å². The van der Waals surface area contributed by atoms with Crippen LogP contribution in [0.2, 0.25) is 0 Å². The van der Waals surface area contributed by atoms with Gasteiger partial charge in [-0.05, 0) is 6.42 Å². The van der Waals surface area contributed by atoms with Gasteiger partial charge in [0.2, 0.25) is 15.9 Å². The summed E-state index contributed by atoms with van der Waals surface area (Å²) in [5.74, 6) is -0.0989. The van der Waals surface area contributed by atoms with Gasteiger partial charge >= 0.3 is 0 Å². The smallest absolute Gasteiger partial charge is 0.237 e. The molecule has 90 valence electrons. The van der Waals surface area contributed by atoms with E-state index >= 15 is 0 Å². The molecule has 15 heavy (non-hydrogen) atoms. The zero-order chi connectivity index (χ0) is 12.1. The van der Waals surface area contributed by atoms with E-state index in [4.69, 9.17) is 0 Å². The van der Waals surface area contributed by atoms with Crippen LogP contribution in [0.3, 0.4) is 0 Å². The van der Waals surface area contributed by atoms with Crippen molar-refractivity contribution in [1.82, 2.24) is 9.21 Å². The van der Waals surface area contributed by atoms with Crippen molar-refractivity contribution in [2.45, 2.75) is 20.3 Å². The zero-order valence-corrected chi connectivity index (χ0v) is 10.7. The van der Waals surface area contributed by atoms with E-state index in [0.717, 1.165) is 0 Å². The highest BCUT2D eigenvalue weighted by molar-refractivity contribution is 7.89. The maximum atomic E-state index is 11.7. The molecule has 0 rings (SSSR count). The minimum atomic E-state index is -3.27. The first-order valence-electron chi connectivity index (χ1n) is 5.03. The normalized spacial score (nSPS) is 11.8. The van der Waals surface area contributed by atoms with Crippen molar-refractivity contribution in [3.8, 4) is 0 Å². The van der Waals surface area contributed by atoms with Gasteiger partial charge in [0.05, 0.1) is 12.3 Å². The van der Waals surface area contributed by atoms with Crippen molar-refractivity contribution >= 4 is 15.9 Å². The Kier molecular flexibility index (Phi) is 5.82. The zero-order valence-electron chi connectivity index (χ0n) is 9.86. The Bertz CT molecular complexity index is 298. The van der Waals surface area contributed by atoms with E-state index in [1.165, 1.54) is 9.21 Å². The molecule has 0 aromatic heterocycles. The van der Waals surface area contributed by atoms with Crippen LogP contribution in [0.25, 0.3) is 0 Å². The molecule has 0 N–H and O–H groups in total. The first-order chi connectivity index (χ1) is 6.85. The molecule has 6 heteroatoms. The summed E-state index contributed by atoms with van der Waals surface area (Å²) in [6.45, 7) is 3.81. The van der Waals surface area contributed by atoms with E-state index < -0.39 is 10.0 Å². The Hall–Kier alpha value is -0.620. The number of carbonyl (C=O) groups excluding carboxylic acids is 1. The molecule has 0 unspecified atom stereocenters. The molecule has 0 aliphatic rings. The molecule has 0 saturated carbocycles. The van der Waals surface area contributed by atoms with Crippen molar-refractivity contribution in [2.24, 2.45) is 0 Å². The van der Waals surface area contributed by atoms with Gasteiger partial charge in [-0.3, -0.25) is 4.79 Å². The largest absolute Gasteiger partial charge is 0.348 e. The number of amides is 1. The molecule has 0 fully saturated rings. The van der Waals surface area contributed by atoms with Crippen LogP contribution < -0.4 is 0 Å². The molecule has 0 heterocycles. The fourth-order valence-corrected chi connectivity index (χ4v) is 2.56. The Balaban J connectivity index is 4.57. The maximum absolute atomic E-state index is 11.7. The van der Waals surface area contributed by atoms with Gasteiger partial charge in [-0.2, -0.15) is 4.31 Å². The van der Waals surface area contributed by atoms with Gasteiger partial charge in [0.1, 0.15) is 0 Å². The molecule has 0 saturated heterocycles. The van der Waals surface area contributed by atoms with E-state index in [2.05, 4.69) is 0 Å². The van der Waals surface area contributed by atoms with Crippen LogP contribution in [0.15, 0.2) is 0 Å². The predicted octanol–water partition coefficient (Wildman–Crippen LogP) is 0.136. The number of nitrogens with zero attached hydrogens (tertiary/aromatic N) is 2. The first kappa shape index (κ1) is 14.4. The van der Waals surface area contributed by atoms with Gasteiger partial charge < -0.3 is 4.90 Å². The van der Waals surface area contributed by atoms with Crippen molar-refractivity contribution < 1.29 is 13.2 Å². The highest BCUT2D eigenvalue weighted by atomic mass is 32.2. The molecule has 0 atom stereocenters. The lowest BCUT2D eigenvalue weighted by atomic mass is 10.5. The van der Waals surface area contributed by atoms with E-state index in [9.17, 15) is 13.2 Å². The third-order valence-corrected chi connectivity index (χ3v) is 4.12. The minimum Gasteiger partial charge on any atom is -0.348 e. The van der Waals surface area contributed by atoms with Crippen molar-refractivity contribution in [2.75, 3.05) is 32.9 Å². The molecule has 0 aromatic rings. The second-order valence-corrected chi connectivity index (χ2v) is 5.62. The number of carbonyl (C=O) groups is 1. The third kappa shape index (κ3) is 4.61. The highest BCUT2D eigenvalue weighted by Gasteiger charge is 2.22. The molecule has 0 spiro atoms. The summed E-state index contributed by atoms with van der Waals surface area (Å²) in [7, 11) is -0.0378. The van der Waals surface area contributed by atoms with Crippen LogP contribution in [-0.2, 0) is 14.8 Å². The number of hydrogen-bond donors (Lipinski definition) is 0. The van der Waals surface area contributed by atoms with Gasteiger partial charge in [0.25, 0.3) is 0 Å². The van der Waals surface area contributed by atoms with Gasteiger partial charge in [-0.15, -0.1) is 0 Å². The van der Waals surface area contributed by atoms with Crippen molar-refractivity contribution in [1.29, 1.82) is 0 Å². The average molecular weight is 236 g/mol. The monoisotopic (exact) mass is 236 g/mol. The quantitative estimate of drug-likeness (QED) is 0.659. The number of sulfonamides is 1. The van der Waals surface area contributed by atoms with Crippen molar-refractivity contribution in [3.63, 3.8) is 0 Å². The molecule has 0 aliphatic carbocycles. The number of rotatable bonds is 6. The van der Waals surface area contributed by atoms with Crippen LogP contribution in [0, 0.1) is 0 Å². The van der Waals surface area contributed by atoms with Gasteiger partial charge in [0, 0.05) is 20.6 Å². The molecule has 5 nitrogen and oxygen atoms in total. The highest BCUT2D eigenvalue weighted by Crippen LogP contribution is 2.03. The second kappa shape index (κ2) is 6.07. The topological polar surface area (TPSA) is 57.7 Å². The number of hydrogen-bond acceptors (Lipinski definition) is 3. The third-order valence-electron chi connectivity index (χ3n) is 2.02. The summed E-state index contributed by atoms with van der Waals surface area (Å²) in [5, 5.41) is 0. The minimum absolute atomic E-state index is 0.0637. The van der Waals surface area contributed by atoms with Crippen LogP contribution >= 0.6 is 0 Å². The second-order valence-electron chi connectivity index (χ2n) is 3.53. The summed E-state index contributed by atoms with van der Waals surface area (Å²) in [6, 6.07) is 0. The maximum Gasteiger partial charge on any atom is 0.237 e. The Morgan fingerprint density at radius 1 is 1.20 bits per heavy atom. The fraction of sp³-hybridized carbons (Fsp3) is 0.889. The molecular formula is C9H20N2O3S. The molecule has 0 aromatic carbocycles. The Morgan fingerprint density at radius 3 is 2.07 bits per heavy atom. The van der Waals surface area contributed by atoms with Crippen LogP contribution in [0.1, 0.15) is 20.3 Å². The SMILES string of the molecule is CCCS(=O)(=O)N(CC)CC(=O)N(C)C. The summed E-state index contributed by atoms with van der Waals surface area (Å²) in [5.41, 5.74) is 0. The Labute approximate surface area is 92.1 Å². The van der Waals surface area contributed by atoms with Crippen molar-refractivity contribution in [3.05, 3.63) is 0 Å². The van der Waals surface area contributed by atoms with E-state index in [1.54, 1.807) is 27.9 Å². The number of likely N-dealkylation sites (N-methyl/N-ethyl adjacent to an activating group) is 2. The molecular weight excluding hydrogens is 216 g/mol. The lowest BCUT2D eigenvalue weighted by Gasteiger charge is -2.21. The predicted molar refractivity (Wildman–Crippen MR) is 60.0 cm³/mol. The van der Waals surface area contributed by atoms with Gasteiger partial charge in [-0.1, -0.05) is 13.8 Å². The standard InChI is InChI=1S/C9H20N2O3S/c1-5-7-15(13,14)11(6-2)8-9(12)10(3)4/h5-8H2,1-4H3. The molecule has 0 bridgehead atoms. The lowest BCUT2D eigenvalue weighted by molar-refractivity contribution is -0.128. The lowest BCUT2D eigenvalue weighted by Crippen LogP contribution is -2.41. The summed E-state index contributed by atoms with van der Waals surface area (Å²) < 4.78 is 24.6. The van der Waals surface area contributed by atoms with Crippen LogP contribution in [-0.4, -0.2) is 56.5 Å². The fourth-order valence-electron chi connectivity index (χ4n) is 1.09. The summed E-state index contributed by atoms with van der Waals surface area (Å²) in [4.78, 5) is 12.8. The Morgan fingerprint density at radius 2 is 1.73 bits per heavy atom. The molecule has 0 aliphatic heterocycles. The first-order valence-corrected chi connectivity index (χ1v) is 6.64. The molecule has 1 amide bonds. The van der Waals surface area contributed by atoms with E-state index in [1.807, 2.05) is 0 Å². The van der Waals surface area contributed by atoms with E-state index in [0.29, 0.717) is 13.0 Å². The van der Waals surface area contributed by atoms with Gasteiger partial charge in [0.15, 0.2) is 0 Å². The summed E-state index contributed by atoms with van der Waals surface area (Å²) >= 11 is 0. The molecule has 0 radical (unpaired) electrons. The van der Waals surface area contributed by atoms with Gasteiger partial charge in [-0.25, -0.2) is 8.42 Å².